The zero-order chi connectivity index (χ0) is 15.0. The van der Waals surface area contributed by atoms with E-state index in [0.29, 0.717) is 19.8 Å². The Kier molecular flexibility index (Phi) is 3.86. The second kappa shape index (κ2) is 5.65. The molecule has 6 nitrogen and oxygen atoms in total. The number of carbonyl (C=O) groups excluding carboxylic acids is 1. The van der Waals surface area contributed by atoms with Gasteiger partial charge in [0.2, 0.25) is 0 Å². The Morgan fingerprint density at radius 2 is 2.33 bits per heavy atom. The Labute approximate surface area is 126 Å². The molecule has 3 rings (SSSR count). The van der Waals surface area contributed by atoms with E-state index in [1.807, 2.05) is 11.4 Å². The van der Waals surface area contributed by atoms with Crippen LogP contribution in [0, 0.1) is 0 Å². The topological polar surface area (TPSA) is 70.1 Å². The third kappa shape index (κ3) is 2.51. The summed E-state index contributed by atoms with van der Waals surface area (Å²) in [6, 6.07) is 0.750. The molecule has 2 amide bonds. The number of ether oxygens (including phenoxy) is 1. The number of likely N-dealkylation sites (N-methyl/N-ethyl adjacent to an activating group) is 1. The molecule has 0 bridgehead atoms. The van der Waals surface area contributed by atoms with E-state index in [0.717, 1.165) is 23.3 Å². The van der Waals surface area contributed by atoms with Gasteiger partial charge in [0, 0.05) is 25.1 Å². The van der Waals surface area contributed by atoms with E-state index in [4.69, 9.17) is 4.74 Å². The lowest BCUT2D eigenvalue weighted by Gasteiger charge is -2.37. The lowest BCUT2D eigenvalue weighted by atomic mass is 10.0. The van der Waals surface area contributed by atoms with E-state index < -0.39 is 12.0 Å². The SMILES string of the molecule is CN(C(=O)N1CCc2sccc2C1C(=O)O)C1CCOC1. The van der Waals surface area contributed by atoms with Crippen molar-refractivity contribution < 1.29 is 19.4 Å². The van der Waals surface area contributed by atoms with Gasteiger partial charge in [0.05, 0.1) is 12.6 Å². The maximum Gasteiger partial charge on any atom is 0.331 e. The summed E-state index contributed by atoms with van der Waals surface area (Å²) in [5.41, 5.74) is 0.753. The van der Waals surface area contributed by atoms with Gasteiger partial charge in [-0.15, -0.1) is 11.3 Å². The first-order chi connectivity index (χ1) is 10.1. The van der Waals surface area contributed by atoms with Crippen molar-refractivity contribution in [2.75, 3.05) is 26.8 Å². The molecule has 0 radical (unpaired) electrons. The van der Waals surface area contributed by atoms with Crippen molar-refractivity contribution in [1.82, 2.24) is 9.80 Å². The third-order valence-electron chi connectivity index (χ3n) is 4.20. The van der Waals surface area contributed by atoms with E-state index in [1.165, 1.54) is 4.90 Å². The summed E-state index contributed by atoms with van der Waals surface area (Å²) in [6.07, 6.45) is 1.52. The highest BCUT2D eigenvalue weighted by Gasteiger charge is 2.39. The lowest BCUT2D eigenvalue weighted by molar-refractivity contribution is -0.143. The summed E-state index contributed by atoms with van der Waals surface area (Å²) in [7, 11) is 1.73. The predicted octanol–water partition coefficient (Wildman–Crippen LogP) is 1.57. The van der Waals surface area contributed by atoms with Crippen LogP contribution >= 0.6 is 11.3 Å². The van der Waals surface area contributed by atoms with Crippen LogP contribution in [-0.2, 0) is 16.0 Å². The third-order valence-corrected chi connectivity index (χ3v) is 5.20. The van der Waals surface area contributed by atoms with Gasteiger partial charge >= 0.3 is 12.0 Å². The number of urea groups is 1. The van der Waals surface area contributed by atoms with Crippen molar-refractivity contribution in [3.63, 3.8) is 0 Å². The Balaban J connectivity index is 1.83. The molecule has 0 saturated carbocycles. The number of rotatable bonds is 2. The highest BCUT2D eigenvalue weighted by Crippen LogP contribution is 2.34. The van der Waals surface area contributed by atoms with Crippen molar-refractivity contribution in [2.24, 2.45) is 0 Å². The molecule has 0 spiro atoms. The fourth-order valence-corrected chi connectivity index (χ4v) is 3.88. The molecule has 1 aromatic heterocycles. The molecule has 1 saturated heterocycles. The Bertz CT molecular complexity index is 553. The standard InChI is InChI=1S/C14H18N2O4S/c1-15(9-3-6-20-8-9)14(19)16-5-2-11-10(4-7-21-11)12(16)13(17)18/h4,7,9,12H,2-3,5-6,8H2,1H3,(H,17,18). The Hall–Kier alpha value is -1.60. The highest BCUT2D eigenvalue weighted by molar-refractivity contribution is 7.10. The van der Waals surface area contributed by atoms with Gasteiger partial charge in [-0.3, -0.25) is 0 Å². The monoisotopic (exact) mass is 310 g/mol. The first-order valence-corrected chi connectivity index (χ1v) is 7.88. The van der Waals surface area contributed by atoms with Gasteiger partial charge in [-0.25, -0.2) is 9.59 Å². The highest BCUT2D eigenvalue weighted by atomic mass is 32.1. The zero-order valence-electron chi connectivity index (χ0n) is 11.8. The summed E-state index contributed by atoms with van der Waals surface area (Å²) in [5.74, 6) is -0.973. The first-order valence-electron chi connectivity index (χ1n) is 7.00. The molecular weight excluding hydrogens is 292 g/mol. The van der Waals surface area contributed by atoms with Crippen LogP contribution in [-0.4, -0.2) is 59.8 Å². The molecule has 3 heterocycles. The molecule has 21 heavy (non-hydrogen) atoms. The average molecular weight is 310 g/mol. The Morgan fingerprint density at radius 1 is 1.52 bits per heavy atom. The van der Waals surface area contributed by atoms with Gasteiger partial charge in [0.25, 0.3) is 0 Å². The quantitative estimate of drug-likeness (QED) is 0.900. The van der Waals surface area contributed by atoms with Gasteiger partial charge in [-0.2, -0.15) is 0 Å². The van der Waals surface area contributed by atoms with Crippen LogP contribution in [0.3, 0.4) is 0 Å². The number of aliphatic carboxylic acids is 1. The number of amides is 2. The number of fused-ring (bicyclic) bond motifs is 1. The van der Waals surface area contributed by atoms with Gasteiger partial charge < -0.3 is 19.6 Å². The first kappa shape index (κ1) is 14.3. The second-order valence-electron chi connectivity index (χ2n) is 5.39. The average Bonchev–Trinajstić information content (AvgIpc) is 3.14. The van der Waals surface area contributed by atoms with Crippen LogP contribution in [0.15, 0.2) is 11.4 Å². The predicted molar refractivity (Wildman–Crippen MR) is 77.5 cm³/mol. The number of carboxylic acids is 1. The number of nitrogens with zero attached hydrogens (tertiary/aromatic N) is 2. The van der Waals surface area contributed by atoms with Crippen molar-refractivity contribution >= 4 is 23.3 Å². The van der Waals surface area contributed by atoms with E-state index in [-0.39, 0.29) is 12.1 Å². The van der Waals surface area contributed by atoms with Crippen LogP contribution < -0.4 is 0 Å². The van der Waals surface area contributed by atoms with Crippen LogP contribution in [0.5, 0.6) is 0 Å². The molecule has 114 valence electrons. The summed E-state index contributed by atoms with van der Waals surface area (Å²) in [4.78, 5) is 28.5. The fourth-order valence-electron chi connectivity index (χ4n) is 2.98. The smallest absolute Gasteiger partial charge is 0.331 e. The van der Waals surface area contributed by atoms with Gasteiger partial charge in [0.15, 0.2) is 6.04 Å². The zero-order valence-corrected chi connectivity index (χ0v) is 12.6. The van der Waals surface area contributed by atoms with E-state index in [1.54, 1.807) is 23.3 Å². The summed E-state index contributed by atoms with van der Waals surface area (Å²) in [6.45, 7) is 1.62. The van der Waals surface area contributed by atoms with E-state index in [2.05, 4.69) is 0 Å². The molecule has 2 aliphatic heterocycles. The minimum Gasteiger partial charge on any atom is -0.479 e. The van der Waals surface area contributed by atoms with Crippen molar-refractivity contribution in [1.29, 1.82) is 0 Å². The number of hydrogen-bond donors (Lipinski definition) is 1. The normalized spacial score (nSPS) is 24.7. The molecule has 1 fully saturated rings. The van der Waals surface area contributed by atoms with Crippen LogP contribution in [0.1, 0.15) is 22.9 Å². The fraction of sp³-hybridized carbons (Fsp3) is 0.571. The maximum atomic E-state index is 12.7. The Morgan fingerprint density at radius 3 is 3.00 bits per heavy atom. The molecule has 2 atom stereocenters. The number of carbonyl (C=O) groups is 2. The van der Waals surface area contributed by atoms with Crippen molar-refractivity contribution in [3.05, 3.63) is 21.9 Å². The maximum absolute atomic E-state index is 12.7. The van der Waals surface area contributed by atoms with Gasteiger partial charge in [-0.1, -0.05) is 0 Å². The van der Waals surface area contributed by atoms with Crippen LogP contribution in [0.2, 0.25) is 0 Å². The minimum atomic E-state index is -0.973. The molecule has 1 N–H and O–H groups in total. The molecule has 2 unspecified atom stereocenters. The van der Waals surface area contributed by atoms with Crippen LogP contribution in [0.4, 0.5) is 4.79 Å². The molecule has 2 aliphatic rings. The molecule has 0 aromatic carbocycles. The van der Waals surface area contributed by atoms with Crippen molar-refractivity contribution in [3.8, 4) is 0 Å². The second-order valence-corrected chi connectivity index (χ2v) is 6.39. The van der Waals surface area contributed by atoms with Gasteiger partial charge in [-0.05, 0) is 29.9 Å². The number of thiophene rings is 1. The molecule has 1 aromatic rings. The summed E-state index contributed by atoms with van der Waals surface area (Å²) < 4.78 is 5.31. The largest absolute Gasteiger partial charge is 0.479 e. The number of hydrogen-bond acceptors (Lipinski definition) is 4. The summed E-state index contributed by atoms with van der Waals surface area (Å²) in [5, 5.41) is 11.4. The number of carboxylic acid groups (broad SMARTS) is 1. The van der Waals surface area contributed by atoms with Gasteiger partial charge in [0.1, 0.15) is 0 Å². The molecule has 7 heteroatoms. The molecular formula is C14H18N2O4S. The van der Waals surface area contributed by atoms with Crippen molar-refractivity contribution in [2.45, 2.75) is 24.9 Å². The van der Waals surface area contributed by atoms with E-state index >= 15 is 0 Å². The summed E-state index contributed by atoms with van der Waals surface area (Å²) >= 11 is 1.56. The van der Waals surface area contributed by atoms with Crippen LogP contribution in [0.25, 0.3) is 0 Å². The molecule has 0 aliphatic carbocycles. The minimum absolute atomic E-state index is 0.0378. The van der Waals surface area contributed by atoms with E-state index in [9.17, 15) is 14.7 Å². The lowest BCUT2D eigenvalue weighted by Crippen LogP contribution is -2.51.